The van der Waals surface area contributed by atoms with E-state index in [1.54, 1.807) is 18.2 Å². The summed E-state index contributed by atoms with van der Waals surface area (Å²) in [4.78, 5) is 1.90. The number of nitrogens with two attached hydrogens (primary N) is 1. The van der Waals surface area contributed by atoms with E-state index in [9.17, 15) is 4.39 Å². The van der Waals surface area contributed by atoms with Crippen molar-refractivity contribution in [2.24, 2.45) is 5.73 Å². The van der Waals surface area contributed by atoms with E-state index in [2.05, 4.69) is 6.07 Å². The van der Waals surface area contributed by atoms with E-state index in [0.717, 1.165) is 16.9 Å². The molecular formula is C16H16FN3. The zero-order valence-electron chi connectivity index (χ0n) is 11.5. The zero-order valence-corrected chi connectivity index (χ0v) is 11.5. The molecule has 2 rings (SSSR count). The maximum Gasteiger partial charge on any atom is 0.123 e. The largest absolute Gasteiger partial charge is 0.344 e. The molecule has 0 spiro atoms. The molecule has 0 fully saturated rings. The SMILES string of the molecule is CC(N)c1cc(F)ccc1N(C)c1cccc(C#N)c1. The third kappa shape index (κ3) is 2.79. The number of rotatable bonds is 3. The number of halogens is 1. The first-order valence-electron chi connectivity index (χ1n) is 6.32. The normalized spacial score (nSPS) is 11.8. The summed E-state index contributed by atoms with van der Waals surface area (Å²) < 4.78 is 13.4. The van der Waals surface area contributed by atoms with Gasteiger partial charge in [0, 0.05) is 24.5 Å². The second kappa shape index (κ2) is 5.72. The van der Waals surface area contributed by atoms with Crippen LogP contribution >= 0.6 is 0 Å². The number of nitriles is 1. The minimum absolute atomic E-state index is 0.276. The molecule has 0 aromatic heterocycles. The van der Waals surface area contributed by atoms with Crippen molar-refractivity contribution >= 4 is 11.4 Å². The number of hydrogen-bond acceptors (Lipinski definition) is 3. The summed E-state index contributed by atoms with van der Waals surface area (Å²) in [5.41, 5.74) is 8.91. The van der Waals surface area contributed by atoms with Gasteiger partial charge in [-0.3, -0.25) is 0 Å². The average molecular weight is 269 g/mol. The maximum atomic E-state index is 13.4. The van der Waals surface area contributed by atoms with Crippen LogP contribution in [-0.2, 0) is 0 Å². The first-order chi connectivity index (χ1) is 9.52. The van der Waals surface area contributed by atoms with E-state index in [1.807, 2.05) is 31.0 Å². The third-order valence-electron chi connectivity index (χ3n) is 3.20. The molecule has 0 radical (unpaired) electrons. The highest BCUT2D eigenvalue weighted by molar-refractivity contribution is 5.67. The van der Waals surface area contributed by atoms with Gasteiger partial charge in [0.2, 0.25) is 0 Å². The monoisotopic (exact) mass is 269 g/mol. The van der Waals surface area contributed by atoms with Gasteiger partial charge in [-0.1, -0.05) is 6.07 Å². The van der Waals surface area contributed by atoms with Crippen molar-refractivity contribution in [1.29, 1.82) is 5.26 Å². The Kier molecular flexibility index (Phi) is 4.02. The Morgan fingerprint density at radius 2 is 2.00 bits per heavy atom. The molecule has 20 heavy (non-hydrogen) atoms. The molecule has 0 bridgehead atoms. The van der Waals surface area contributed by atoms with E-state index >= 15 is 0 Å². The molecule has 0 aliphatic heterocycles. The van der Waals surface area contributed by atoms with Gasteiger partial charge < -0.3 is 10.6 Å². The van der Waals surface area contributed by atoms with Gasteiger partial charge in [0.25, 0.3) is 0 Å². The fourth-order valence-corrected chi connectivity index (χ4v) is 2.12. The van der Waals surface area contributed by atoms with Crippen molar-refractivity contribution in [3.05, 3.63) is 59.4 Å². The molecular weight excluding hydrogens is 253 g/mol. The summed E-state index contributed by atoms with van der Waals surface area (Å²) in [6, 6.07) is 13.6. The molecule has 0 saturated heterocycles. The van der Waals surface area contributed by atoms with Crippen LogP contribution in [0.3, 0.4) is 0 Å². The van der Waals surface area contributed by atoms with Crippen LogP contribution in [-0.4, -0.2) is 7.05 Å². The van der Waals surface area contributed by atoms with Crippen molar-refractivity contribution in [2.75, 3.05) is 11.9 Å². The quantitative estimate of drug-likeness (QED) is 0.928. The minimum Gasteiger partial charge on any atom is -0.344 e. The molecule has 0 aliphatic rings. The molecule has 102 valence electrons. The summed E-state index contributed by atoms with van der Waals surface area (Å²) >= 11 is 0. The second-order valence-electron chi connectivity index (χ2n) is 4.71. The Bertz CT molecular complexity index is 659. The van der Waals surface area contributed by atoms with Gasteiger partial charge in [0.05, 0.1) is 11.6 Å². The van der Waals surface area contributed by atoms with E-state index < -0.39 is 0 Å². The average Bonchev–Trinajstić information content (AvgIpc) is 2.46. The summed E-state index contributed by atoms with van der Waals surface area (Å²) in [5, 5.41) is 8.96. The van der Waals surface area contributed by atoms with Crippen LogP contribution in [0, 0.1) is 17.1 Å². The van der Waals surface area contributed by atoms with Crippen molar-refractivity contribution in [1.82, 2.24) is 0 Å². The van der Waals surface area contributed by atoms with E-state index in [0.29, 0.717) is 5.56 Å². The van der Waals surface area contributed by atoms with Crippen molar-refractivity contribution < 1.29 is 4.39 Å². The lowest BCUT2D eigenvalue weighted by Gasteiger charge is -2.24. The van der Waals surface area contributed by atoms with Crippen LogP contribution in [0.2, 0.25) is 0 Å². The molecule has 1 atom stereocenters. The summed E-state index contributed by atoms with van der Waals surface area (Å²) in [7, 11) is 1.87. The van der Waals surface area contributed by atoms with Crippen LogP contribution in [0.4, 0.5) is 15.8 Å². The van der Waals surface area contributed by atoms with Gasteiger partial charge in [-0.05, 0) is 48.9 Å². The zero-order chi connectivity index (χ0) is 14.7. The maximum absolute atomic E-state index is 13.4. The number of benzene rings is 2. The smallest absolute Gasteiger partial charge is 0.123 e. The molecule has 0 heterocycles. The highest BCUT2D eigenvalue weighted by Gasteiger charge is 2.13. The first kappa shape index (κ1) is 14.0. The molecule has 0 amide bonds. The fourth-order valence-electron chi connectivity index (χ4n) is 2.12. The van der Waals surface area contributed by atoms with Gasteiger partial charge in [0.15, 0.2) is 0 Å². The molecule has 2 aromatic carbocycles. The van der Waals surface area contributed by atoms with Crippen LogP contribution in [0.1, 0.15) is 24.1 Å². The lowest BCUT2D eigenvalue weighted by atomic mass is 10.0. The second-order valence-corrected chi connectivity index (χ2v) is 4.71. The van der Waals surface area contributed by atoms with Crippen LogP contribution in [0.5, 0.6) is 0 Å². The highest BCUT2D eigenvalue weighted by atomic mass is 19.1. The lowest BCUT2D eigenvalue weighted by molar-refractivity contribution is 0.622. The molecule has 2 N–H and O–H groups in total. The third-order valence-corrected chi connectivity index (χ3v) is 3.20. The topological polar surface area (TPSA) is 53.0 Å². The van der Waals surface area contributed by atoms with Crippen molar-refractivity contribution in [2.45, 2.75) is 13.0 Å². The number of hydrogen-bond donors (Lipinski definition) is 1. The minimum atomic E-state index is -0.305. The Morgan fingerprint density at radius 3 is 2.65 bits per heavy atom. The van der Waals surface area contributed by atoms with E-state index in [-0.39, 0.29) is 11.9 Å². The van der Waals surface area contributed by atoms with Gasteiger partial charge >= 0.3 is 0 Å². The Morgan fingerprint density at radius 1 is 1.25 bits per heavy atom. The van der Waals surface area contributed by atoms with Crippen molar-refractivity contribution in [3.63, 3.8) is 0 Å². The van der Waals surface area contributed by atoms with Gasteiger partial charge in [-0.25, -0.2) is 4.39 Å². The summed E-state index contributed by atoms with van der Waals surface area (Å²) in [5.74, 6) is -0.305. The predicted octanol–water partition coefficient (Wildman–Crippen LogP) is 3.48. The van der Waals surface area contributed by atoms with E-state index in [1.165, 1.54) is 12.1 Å². The number of anilines is 2. The lowest BCUT2D eigenvalue weighted by Crippen LogP contribution is -2.16. The van der Waals surface area contributed by atoms with Gasteiger partial charge in [0.1, 0.15) is 5.82 Å². The molecule has 4 heteroatoms. The Labute approximate surface area is 118 Å². The standard InChI is InChI=1S/C16H16FN3/c1-11(19)15-9-13(17)6-7-16(15)20(2)14-5-3-4-12(8-14)10-18/h3-9,11H,19H2,1-2H3. The van der Waals surface area contributed by atoms with Crippen LogP contribution in [0.15, 0.2) is 42.5 Å². The van der Waals surface area contributed by atoms with Gasteiger partial charge in [-0.2, -0.15) is 5.26 Å². The summed E-state index contributed by atoms with van der Waals surface area (Å²) in [6.45, 7) is 1.82. The highest BCUT2D eigenvalue weighted by Crippen LogP contribution is 2.30. The predicted molar refractivity (Wildman–Crippen MR) is 78.2 cm³/mol. The van der Waals surface area contributed by atoms with Gasteiger partial charge in [-0.15, -0.1) is 0 Å². The summed E-state index contributed by atoms with van der Waals surface area (Å²) in [6.07, 6.45) is 0. The first-order valence-corrected chi connectivity index (χ1v) is 6.32. The van der Waals surface area contributed by atoms with E-state index in [4.69, 9.17) is 11.0 Å². The molecule has 3 nitrogen and oxygen atoms in total. The Hall–Kier alpha value is -2.38. The Balaban J connectivity index is 2.47. The fraction of sp³-hybridized carbons (Fsp3) is 0.188. The molecule has 0 aliphatic carbocycles. The molecule has 2 aromatic rings. The molecule has 1 unspecified atom stereocenters. The molecule has 0 saturated carbocycles. The number of nitrogens with zero attached hydrogens (tertiary/aromatic N) is 2. The van der Waals surface area contributed by atoms with Crippen LogP contribution < -0.4 is 10.6 Å². The van der Waals surface area contributed by atoms with Crippen LogP contribution in [0.25, 0.3) is 0 Å². The van der Waals surface area contributed by atoms with Crippen molar-refractivity contribution in [3.8, 4) is 6.07 Å².